The number of halogens is 1. The molecule has 1 unspecified atom stereocenters. The first-order valence-corrected chi connectivity index (χ1v) is 7.94. The van der Waals surface area contributed by atoms with Crippen molar-refractivity contribution in [2.45, 2.75) is 45.7 Å². The summed E-state index contributed by atoms with van der Waals surface area (Å²) in [4.78, 5) is 2.41. The Morgan fingerprint density at radius 3 is 2.52 bits per heavy atom. The molecule has 0 bridgehead atoms. The normalized spacial score (nSPS) is 18.4. The molecule has 1 saturated heterocycles. The minimum absolute atomic E-state index is 0.0541. The van der Waals surface area contributed by atoms with E-state index in [1.165, 1.54) is 25.0 Å². The first-order chi connectivity index (χ1) is 9.99. The molecule has 1 aliphatic rings. The first kappa shape index (κ1) is 16.2. The van der Waals surface area contributed by atoms with Crippen LogP contribution in [0.5, 0.6) is 5.75 Å². The molecule has 4 heteroatoms. The third-order valence-corrected chi connectivity index (χ3v) is 4.53. The number of benzene rings is 1. The largest absolute Gasteiger partial charge is 0.508 e. The third kappa shape index (κ3) is 4.17. The number of rotatable bonds is 5. The average molecular weight is 294 g/mol. The van der Waals surface area contributed by atoms with Gasteiger partial charge in [-0.25, -0.2) is 4.39 Å². The monoisotopic (exact) mass is 294 g/mol. The summed E-state index contributed by atoms with van der Waals surface area (Å²) in [6.45, 7) is 9.65. The highest BCUT2D eigenvalue weighted by molar-refractivity contribution is 5.35. The zero-order chi connectivity index (χ0) is 15.4. The van der Waals surface area contributed by atoms with Crippen molar-refractivity contribution in [3.63, 3.8) is 0 Å². The standard InChI is InChI=1S/C17H27FN2O/c1-12(2)20(11-14-6-8-19-9-7-14)13(3)16-5-4-15(18)10-17(16)21/h4-5,10,12-14,19,21H,6-9,11H2,1-3H3. The fraction of sp³-hybridized carbons (Fsp3) is 0.647. The molecule has 0 aliphatic carbocycles. The van der Waals surface area contributed by atoms with Crippen LogP contribution in [0.15, 0.2) is 18.2 Å². The molecule has 1 fully saturated rings. The zero-order valence-electron chi connectivity index (χ0n) is 13.3. The fourth-order valence-corrected chi connectivity index (χ4v) is 3.23. The number of nitrogens with one attached hydrogen (secondary N) is 1. The third-order valence-electron chi connectivity index (χ3n) is 4.53. The Balaban J connectivity index is 2.12. The molecule has 0 radical (unpaired) electrons. The van der Waals surface area contributed by atoms with Crippen LogP contribution in [-0.2, 0) is 0 Å². The SMILES string of the molecule is CC(C)N(CC1CCNCC1)C(C)c1ccc(F)cc1O. The van der Waals surface area contributed by atoms with E-state index in [0.717, 1.165) is 25.2 Å². The van der Waals surface area contributed by atoms with Crippen LogP contribution >= 0.6 is 0 Å². The van der Waals surface area contributed by atoms with Crippen molar-refractivity contribution < 1.29 is 9.50 Å². The Morgan fingerprint density at radius 1 is 1.29 bits per heavy atom. The summed E-state index contributed by atoms with van der Waals surface area (Å²) in [5, 5.41) is 13.4. The molecule has 1 heterocycles. The van der Waals surface area contributed by atoms with Crippen LogP contribution in [0, 0.1) is 11.7 Å². The molecule has 2 rings (SSSR count). The van der Waals surface area contributed by atoms with E-state index in [-0.39, 0.29) is 11.8 Å². The molecular formula is C17H27FN2O. The van der Waals surface area contributed by atoms with E-state index >= 15 is 0 Å². The van der Waals surface area contributed by atoms with E-state index in [0.29, 0.717) is 12.0 Å². The second kappa shape index (κ2) is 7.23. The summed E-state index contributed by atoms with van der Waals surface area (Å²) < 4.78 is 13.2. The molecule has 1 aromatic carbocycles. The van der Waals surface area contributed by atoms with E-state index < -0.39 is 5.82 Å². The van der Waals surface area contributed by atoms with Crippen LogP contribution in [0.2, 0.25) is 0 Å². The second-order valence-electron chi connectivity index (χ2n) is 6.36. The van der Waals surface area contributed by atoms with Crippen LogP contribution in [0.1, 0.15) is 45.2 Å². The summed E-state index contributed by atoms with van der Waals surface area (Å²) in [6.07, 6.45) is 2.40. The van der Waals surface area contributed by atoms with Gasteiger partial charge in [-0.15, -0.1) is 0 Å². The number of piperidine rings is 1. The van der Waals surface area contributed by atoms with Crippen LogP contribution < -0.4 is 5.32 Å². The molecular weight excluding hydrogens is 267 g/mol. The second-order valence-corrected chi connectivity index (χ2v) is 6.36. The van der Waals surface area contributed by atoms with Gasteiger partial charge in [0.25, 0.3) is 0 Å². The first-order valence-electron chi connectivity index (χ1n) is 7.94. The van der Waals surface area contributed by atoms with Crippen molar-refractivity contribution in [3.8, 4) is 5.75 Å². The lowest BCUT2D eigenvalue weighted by Gasteiger charge is -2.37. The maximum atomic E-state index is 13.2. The molecule has 0 amide bonds. The Kier molecular flexibility index (Phi) is 5.59. The van der Waals surface area contributed by atoms with Crippen LogP contribution in [0.4, 0.5) is 4.39 Å². The summed E-state index contributed by atoms with van der Waals surface area (Å²) >= 11 is 0. The van der Waals surface area contributed by atoms with E-state index in [4.69, 9.17) is 0 Å². The lowest BCUT2D eigenvalue weighted by molar-refractivity contribution is 0.123. The summed E-state index contributed by atoms with van der Waals surface area (Å²) in [6, 6.07) is 4.80. The highest BCUT2D eigenvalue weighted by atomic mass is 19.1. The average Bonchev–Trinajstić information content (AvgIpc) is 2.45. The van der Waals surface area contributed by atoms with Crippen molar-refractivity contribution in [1.82, 2.24) is 10.2 Å². The smallest absolute Gasteiger partial charge is 0.126 e. The molecule has 0 spiro atoms. The highest BCUT2D eigenvalue weighted by Gasteiger charge is 2.25. The van der Waals surface area contributed by atoms with Gasteiger partial charge in [0.1, 0.15) is 11.6 Å². The minimum Gasteiger partial charge on any atom is -0.508 e. The van der Waals surface area contributed by atoms with E-state index in [1.54, 1.807) is 6.07 Å². The zero-order valence-corrected chi connectivity index (χ0v) is 13.3. The molecule has 0 aromatic heterocycles. The molecule has 0 saturated carbocycles. The van der Waals surface area contributed by atoms with Gasteiger partial charge < -0.3 is 10.4 Å². The van der Waals surface area contributed by atoms with Gasteiger partial charge in [-0.05, 0) is 58.7 Å². The van der Waals surface area contributed by atoms with Crippen molar-refractivity contribution in [3.05, 3.63) is 29.6 Å². The van der Waals surface area contributed by atoms with E-state index in [1.807, 2.05) is 0 Å². The van der Waals surface area contributed by atoms with Gasteiger partial charge >= 0.3 is 0 Å². The quantitative estimate of drug-likeness (QED) is 0.874. The number of phenolic OH excluding ortho intramolecular Hbond substituents is 1. The molecule has 1 atom stereocenters. The van der Waals surface area contributed by atoms with Gasteiger partial charge in [0.15, 0.2) is 0 Å². The van der Waals surface area contributed by atoms with Gasteiger partial charge in [-0.1, -0.05) is 6.07 Å². The number of hydrogen-bond acceptors (Lipinski definition) is 3. The minimum atomic E-state index is -0.391. The lowest BCUT2D eigenvalue weighted by atomic mass is 9.95. The number of hydrogen-bond donors (Lipinski definition) is 2. The lowest BCUT2D eigenvalue weighted by Crippen LogP contribution is -2.40. The van der Waals surface area contributed by atoms with Crippen LogP contribution in [0.3, 0.4) is 0 Å². The van der Waals surface area contributed by atoms with Crippen LogP contribution in [0.25, 0.3) is 0 Å². The van der Waals surface area contributed by atoms with Crippen molar-refractivity contribution in [1.29, 1.82) is 0 Å². The summed E-state index contributed by atoms with van der Waals surface area (Å²) in [7, 11) is 0. The van der Waals surface area contributed by atoms with E-state index in [9.17, 15) is 9.50 Å². The highest BCUT2D eigenvalue weighted by Crippen LogP contribution is 2.31. The van der Waals surface area contributed by atoms with Crippen molar-refractivity contribution in [2.24, 2.45) is 5.92 Å². The molecule has 3 nitrogen and oxygen atoms in total. The number of nitrogens with zero attached hydrogens (tertiary/aromatic N) is 1. The fourth-order valence-electron chi connectivity index (χ4n) is 3.23. The predicted octanol–water partition coefficient (Wildman–Crippen LogP) is 3.30. The van der Waals surface area contributed by atoms with E-state index in [2.05, 4.69) is 31.0 Å². The van der Waals surface area contributed by atoms with Gasteiger partial charge in [-0.3, -0.25) is 4.90 Å². The molecule has 1 aliphatic heterocycles. The molecule has 118 valence electrons. The van der Waals surface area contributed by atoms with Gasteiger partial charge in [0.2, 0.25) is 0 Å². The Hall–Kier alpha value is -1.13. The summed E-state index contributed by atoms with van der Waals surface area (Å²) in [5.74, 6) is 0.357. The van der Waals surface area contributed by atoms with Gasteiger partial charge in [0.05, 0.1) is 0 Å². The maximum Gasteiger partial charge on any atom is 0.126 e. The molecule has 2 N–H and O–H groups in total. The summed E-state index contributed by atoms with van der Waals surface area (Å²) in [5.41, 5.74) is 0.805. The van der Waals surface area contributed by atoms with Crippen LogP contribution in [-0.4, -0.2) is 35.7 Å². The number of aromatic hydroxyl groups is 1. The Bertz CT molecular complexity index is 458. The van der Waals surface area contributed by atoms with Gasteiger partial charge in [-0.2, -0.15) is 0 Å². The number of phenols is 1. The van der Waals surface area contributed by atoms with Crippen molar-refractivity contribution in [2.75, 3.05) is 19.6 Å². The Morgan fingerprint density at radius 2 is 1.95 bits per heavy atom. The Labute approximate surface area is 127 Å². The van der Waals surface area contributed by atoms with Gasteiger partial charge in [0, 0.05) is 30.3 Å². The molecule has 1 aromatic rings. The topological polar surface area (TPSA) is 35.5 Å². The predicted molar refractivity (Wildman–Crippen MR) is 83.9 cm³/mol. The molecule has 21 heavy (non-hydrogen) atoms. The van der Waals surface area contributed by atoms with Crippen molar-refractivity contribution >= 4 is 0 Å². The maximum absolute atomic E-state index is 13.2.